The van der Waals surface area contributed by atoms with Crippen LogP contribution in [0.15, 0.2) is 23.9 Å². The first-order chi connectivity index (χ1) is 13.4. The molecule has 2 aliphatic heterocycles. The number of halogens is 2. The molecule has 0 N–H and O–H groups in total. The summed E-state index contributed by atoms with van der Waals surface area (Å²) in [5.41, 5.74) is 1.53. The molecule has 0 aromatic heterocycles. The molecule has 2 heterocycles. The Kier molecular flexibility index (Phi) is 7.05. The summed E-state index contributed by atoms with van der Waals surface area (Å²) in [6.07, 6.45) is 6.23. The summed E-state index contributed by atoms with van der Waals surface area (Å²) in [5.74, 6) is 0.0697. The summed E-state index contributed by atoms with van der Waals surface area (Å²) in [7, 11) is 0. The summed E-state index contributed by atoms with van der Waals surface area (Å²) in [4.78, 5) is 30.1. The summed E-state index contributed by atoms with van der Waals surface area (Å²) in [5, 5.41) is 0.912. The van der Waals surface area contributed by atoms with Gasteiger partial charge in [0.25, 0.3) is 11.8 Å². The Morgan fingerprint density at radius 2 is 1.89 bits per heavy atom. The van der Waals surface area contributed by atoms with E-state index in [2.05, 4.69) is 18.7 Å². The second-order valence-electron chi connectivity index (χ2n) is 7.86. The molecule has 0 spiro atoms. The number of imide groups is 1. The Morgan fingerprint density at radius 1 is 1.11 bits per heavy atom. The summed E-state index contributed by atoms with van der Waals surface area (Å²) in [6.45, 7) is 6.36. The van der Waals surface area contributed by atoms with Gasteiger partial charge in [0, 0.05) is 30.2 Å². The van der Waals surface area contributed by atoms with Gasteiger partial charge in [-0.1, -0.05) is 62.4 Å². The highest BCUT2D eigenvalue weighted by atomic mass is 35.5. The van der Waals surface area contributed by atoms with E-state index in [1.807, 2.05) is 0 Å². The highest BCUT2D eigenvalue weighted by molar-refractivity contribution is 6.41. The second kappa shape index (κ2) is 9.32. The van der Waals surface area contributed by atoms with Gasteiger partial charge in [0.15, 0.2) is 0 Å². The second-order valence-corrected chi connectivity index (χ2v) is 8.71. The largest absolute Gasteiger partial charge is 0.366 e. The number of carbonyl (C=O) groups is 2. The molecule has 2 aliphatic rings. The van der Waals surface area contributed by atoms with Crippen molar-refractivity contribution in [3.63, 3.8) is 0 Å². The third-order valence-electron chi connectivity index (χ3n) is 5.55. The fourth-order valence-electron chi connectivity index (χ4n) is 4.08. The molecule has 6 heteroatoms. The molecule has 1 aromatic carbocycles. The molecule has 1 unspecified atom stereocenters. The number of carbonyl (C=O) groups excluding carboxylic acids is 2. The van der Waals surface area contributed by atoms with E-state index >= 15 is 0 Å². The minimum absolute atomic E-state index is 0.184. The zero-order chi connectivity index (χ0) is 20.3. The van der Waals surface area contributed by atoms with E-state index < -0.39 is 0 Å². The van der Waals surface area contributed by atoms with E-state index in [1.54, 1.807) is 18.2 Å². The van der Waals surface area contributed by atoms with Crippen LogP contribution in [0.3, 0.4) is 0 Å². The molecule has 28 heavy (non-hydrogen) atoms. The van der Waals surface area contributed by atoms with Crippen molar-refractivity contribution in [2.45, 2.75) is 52.4 Å². The van der Waals surface area contributed by atoms with Gasteiger partial charge in [-0.05, 0) is 37.3 Å². The predicted molar refractivity (Wildman–Crippen MR) is 114 cm³/mol. The molecule has 0 bridgehead atoms. The van der Waals surface area contributed by atoms with Crippen molar-refractivity contribution in [3.05, 3.63) is 39.5 Å². The molecule has 0 radical (unpaired) electrons. The molecule has 0 aliphatic carbocycles. The monoisotopic (exact) mass is 422 g/mol. The lowest BCUT2D eigenvalue weighted by atomic mass is 9.97. The Morgan fingerprint density at radius 3 is 2.57 bits per heavy atom. The van der Waals surface area contributed by atoms with E-state index in [9.17, 15) is 9.59 Å². The number of amides is 2. The van der Waals surface area contributed by atoms with Crippen molar-refractivity contribution in [2.24, 2.45) is 5.92 Å². The highest BCUT2D eigenvalue weighted by Gasteiger charge is 2.42. The third-order valence-corrected chi connectivity index (χ3v) is 6.10. The number of rotatable bonds is 7. The smallest absolute Gasteiger partial charge is 0.277 e. The number of benzene rings is 1. The Bertz CT molecular complexity index is 791. The van der Waals surface area contributed by atoms with E-state index in [4.69, 9.17) is 23.2 Å². The maximum absolute atomic E-state index is 13.3. The average molecular weight is 423 g/mol. The van der Waals surface area contributed by atoms with Gasteiger partial charge in [-0.3, -0.25) is 14.5 Å². The number of unbranched alkanes of at least 4 members (excludes halogenated alkanes) is 3. The molecule has 1 atom stereocenters. The van der Waals surface area contributed by atoms with Crippen LogP contribution >= 0.6 is 23.2 Å². The van der Waals surface area contributed by atoms with Crippen LogP contribution in [0, 0.1) is 5.92 Å². The van der Waals surface area contributed by atoms with Crippen LogP contribution in [-0.4, -0.2) is 41.2 Å². The molecule has 3 rings (SSSR count). The maximum Gasteiger partial charge on any atom is 0.277 e. The van der Waals surface area contributed by atoms with E-state index in [0.717, 1.165) is 51.6 Å². The molecule has 0 saturated carbocycles. The first-order valence-corrected chi connectivity index (χ1v) is 11.0. The molecular formula is C22H28Cl2N2O2. The molecule has 1 saturated heterocycles. The van der Waals surface area contributed by atoms with Crippen molar-refractivity contribution in [1.82, 2.24) is 9.80 Å². The minimum Gasteiger partial charge on any atom is -0.366 e. The van der Waals surface area contributed by atoms with Gasteiger partial charge in [-0.2, -0.15) is 0 Å². The summed E-state index contributed by atoms with van der Waals surface area (Å²) < 4.78 is 0. The number of piperidine rings is 1. The Labute approximate surface area is 177 Å². The quantitative estimate of drug-likeness (QED) is 0.436. The molecule has 4 nitrogen and oxygen atoms in total. The molecule has 1 aromatic rings. The van der Waals surface area contributed by atoms with Crippen molar-refractivity contribution >= 4 is 40.6 Å². The van der Waals surface area contributed by atoms with Crippen molar-refractivity contribution in [2.75, 3.05) is 19.6 Å². The summed E-state index contributed by atoms with van der Waals surface area (Å²) in [6, 6.07) is 5.09. The van der Waals surface area contributed by atoms with E-state index in [-0.39, 0.29) is 11.8 Å². The van der Waals surface area contributed by atoms with Crippen LogP contribution < -0.4 is 0 Å². The first kappa shape index (κ1) is 21.2. The number of nitrogens with zero attached hydrogens (tertiary/aromatic N) is 2. The third kappa shape index (κ3) is 4.38. The van der Waals surface area contributed by atoms with Gasteiger partial charge in [0.1, 0.15) is 5.70 Å². The molecule has 152 valence electrons. The van der Waals surface area contributed by atoms with Crippen molar-refractivity contribution < 1.29 is 9.59 Å². The van der Waals surface area contributed by atoms with Gasteiger partial charge < -0.3 is 4.90 Å². The normalized spacial score (nSPS) is 20.5. The van der Waals surface area contributed by atoms with Gasteiger partial charge in [0.2, 0.25) is 0 Å². The van der Waals surface area contributed by atoms with Crippen LogP contribution in [0.2, 0.25) is 10.0 Å². The average Bonchev–Trinajstić information content (AvgIpc) is 2.89. The lowest BCUT2D eigenvalue weighted by molar-refractivity contribution is -0.137. The fraction of sp³-hybridized carbons (Fsp3) is 0.545. The zero-order valence-corrected chi connectivity index (χ0v) is 18.2. The Hall–Kier alpha value is -1.52. The number of hydrogen-bond acceptors (Lipinski definition) is 3. The van der Waals surface area contributed by atoms with E-state index in [1.165, 1.54) is 4.90 Å². The SMILES string of the molecule is CCCCCCN1C(=O)C(c2ccc(Cl)cc2Cl)=C(N2CCCC(C)C2)C1=O. The zero-order valence-electron chi connectivity index (χ0n) is 16.6. The first-order valence-electron chi connectivity index (χ1n) is 10.2. The number of hydrogen-bond donors (Lipinski definition) is 0. The summed E-state index contributed by atoms with van der Waals surface area (Å²) >= 11 is 12.5. The maximum atomic E-state index is 13.3. The lowest BCUT2D eigenvalue weighted by Gasteiger charge is -2.33. The molecular weight excluding hydrogens is 395 g/mol. The lowest BCUT2D eigenvalue weighted by Crippen LogP contribution is -2.39. The van der Waals surface area contributed by atoms with Crippen molar-refractivity contribution in [3.8, 4) is 0 Å². The molecule has 2 amide bonds. The highest BCUT2D eigenvalue weighted by Crippen LogP contribution is 2.37. The minimum atomic E-state index is -0.237. The van der Waals surface area contributed by atoms with Crippen LogP contribution in [0.5, 0.6) is 0 Å². The predicted octanol–water partition coefficient (Wildman–Crippen LogP) is 5.39. The van der Waals surface area contributed by atoms with Crippen LogP contribution in [0.1, 0.15) is 57.9 Å². The Balaban J connectivity index is 1.97. The fourth-order valence-corrected chi connectivity index (χ4v) is 4.59. The van der Waals surface area contributed by atoms with E-state index in [0.29, 0.717) is 39.3 Å². The topological polar surface area (TPSA) is 40.6 Å². The number of likely N-dealkylation sites (tertiary alicyclic amines) is 1. The van der Waals surface area contributed by atoms with Crippen molar-refractivity contribution in [1.29, 1.82) is 0 Å². The van der Waals surface area contributed by atoms with Gasteiger partial charge in [-0.25, -0.2) is 0 Å². The van der Waals surface area contributed by atoms with Gasteiger partial charge >= 0.3 is 0 Å². The van der Waals surface area contributed by atoms with Crippen LogP contribution in [-0.2, 0) is 9.59 Å². The van der Waals surface area contributed by atoms with Gasteiger partial charge in [0.05, 0.1) is 10.6 Å². The standard InChI is InChI=1S/C22H28Cl2N2O2/c1-3-4-5-6-12-26-21(27)19(17-10-9-16(23)13-18(17)24)20(22(26)28)25-11-7-8-15(2)14-25/h9-10,13,15H,3-8,11-12,14H2,1-2H3. The van der Waals surface area contributed by atoms with Crippen LogP contribution in [0.4, 0.5) is 0 Å². The molecule has 1 fully saturated rings. The van der Waals surface area contributed by atoms with Crippen LogP contribution in [0.25, 0.3) is 5.57 Å². The van der Waals surface area contributed by atoms with Gasteiger partial charge in [-0.15, -0.1) is 0 Å².